The number of carbonyl (C=O) groups excluding carboxylic acids is 2. The lowest BCUT2D eigenvalue weighted by Crippen LogP contribution is -2.51. The van der Waals surface area contributed by atoms with Gasteiger partial charge < -0.3 is 20.0 Å². The van der Waals surface area contributed by atoms with E-state index >= 15 is 0 Å². The van der Waals surface area contributed by atoms with Crippen LogP contribution in [0.3, 0.4) is 0 Å². The fraction of sp³-hybridized carbons (Fsp3) is 0.455. The third kappa shape index (κ3) is 3.07. The van der Waals surface area contributed by atoms with Crippen LogP contribution in [0.15, 0.2) is 23.0 Å². The van der Waals surface area contributed by atoms with Crippen LogP contribution in [0.25, 0.3) is 0 Å². The van der Waals surface area contributed by atoms with Gasteiger partial charge in [-0.25, -0.2) is 0 Å². The normalized spacial score (nSPS) is 15.6. The minimum absolute atomic E-state index is 0.313. The molecule has 0 spiro atoms. The maximum Gasteiger partial charge on any atom is 0.311 e. The van der Waals surface area contributed by atoms with E-state index in [0.717, 1.165) is 18.7 Å². The second kappa shape index (κ2) is 5.49. The highest BCUT2D eigenvalue weighted by molar-refractivity contribution is 6.34. The Hall–Kier alpha value is -1.82. The van der Waals surface area contributed by atoms with Crippen LogP contribution in [0.1, 0.15) is 5.56 Å². The molecular formula is C11H15N3O3. The van der Waals surface area contributed by atoms with Gasteiger partial charge in [-0.3, -0.25) is 9.59 Å². The minimum Gasteiger partial charge on any atom is -0.472 e. The van der Waals surface area contributed by atoms with Gasteiger partial charge in [-0.2, -0.15) is 0 Å². The number of rotatable bonds is 2. The molecule has 0 aliphatic carbocycles. The standard InChI is InChI=1S/C11H15N3O3/c15-10(13-7-9-1-6-17-8-9)11(16)14-4-2-12-3-5-14/h1,6,8,12H,2-5,7H2,(H,13,15). The monoisotopic (exact) mass is 237 g/mol. The quantitative estimate of drug-likeness (QED) is 0.669. The van der Waals surface area contributed by atoms with Crippen molar-refractivity contribution in [2.45, 2.75) is 6.54 Å². The molecule has 1 aliphatic heterocycles. The molecule has 1 saturated heterocycles. The summed E-state index contributed by atoms with van der Waals surface area (Å²) < 4.78 is 4.87. The summed E-state index contributed by atoms with van der Waals surface area (Å²) in [5, 5.41) is 5.70. The summed E-state index contributed by atoms with van der Waals surface area (Å²) in [6.07, 6.45) is 3.06. The molecular weight excluding hydrogens is 222 g/mol. The highest BCUT2D eigenvalue weighted by Crippen LogP contribution is 1.99. The number of piperazine rings is 1. The molecule has 1 aliphatic rings. The third-order valence-corrected chi connectivity index (χ3v) is 2.63. The molecule has 0 bridgehead atoms. The molecule has 1 fully saturated rings. The maximum absolute atomic E-state index is 11.7. The first-order chi connectivity index (χ1) is 8.27. The summed E-state index contributed by atoms with van der Waals surface area (Å²) >= 11 is 0. The van der Waals surface area contributed by atoms with E-state index in [1.165, 1.54) is 12.5 Å². The average Bonchev–Trinajstić information content (AvgIpc) is 2.89. The van der Waals surface area contributed by atoms with Crippen molar-refractivity contribution in [2.75, 3.05) is 26.2 Å². The number of furan rings is 1. The topological polar surface area (TPSA) is 74.6 Å². The molecule has 17 heavy (non-hydrogen) atoms. The van der Waals surface area contributed by atoms with Gasteiger partial charge in [0.15, 0.2) is 0 Å². The molecule has 0 unspecified atom stereocenters. The molecule has 92 valence electrons. The number of hydrogen-bond acceptors (Lipinski definition) is 4. The van der Waals surface area contributed by atoms with Gasteiger partial charge in [0.1, 0.15) is 0 Å². The third-order valence-electron chi connectivity index (χ3n) is 2.63. The van der Waals surface area contributed by atoms with Crippen molar-refractivity contribution in [3.63, 3.8) is 0 Å². The van der Waals surface area contributed by atoms with Crippen molar-refractivity contribution >= 4 is 11.8 Å². The highest BCUT2D eigenvalue weighted by Gasteiger charge is 2.22. The fourth-order valence-corrected chi connectivity index (χ4v) is 1.66. The van der Waals surface area contributed by atoms with Crippen LogP contribution in [0.4, 0.5) is 0 Å². The Bertz CT molecular complexity index is 383. The summed E-state index contributed by atoms with van der Waals surface area (Å²) in [6, 6.07) is 1.75. The molecule has 0 saturated carbocycles. The van der Waals surface area contributed by atoms with Gasteiger partial charge in [-0.15, -0.1) is 0 Å². The molecule has 0 radical (unpaired) electrons. The lowest BCUT2D eigenvalue weighted by molar-refractivity contribution is -0.146. The largest absolute Gasteiger partial charge is 0.472 e. The van der Waals surface area contributed by atoms with Crippen LogP contribution >= 0.6 is 0 Å². The molecule has 0 atom stereocenters. The van der Waals surface area contributed by atoms with E-state index in [4.69, 9.17) is 4.42 Å². The summed E-state index contributed by atoms with van der Waals surface area (Å²) in [5.74, 6) is -1.02. The first-order valence-corrected chi connectivity index (χ1v) is 5.56. The van der Waals surface area contributed by atoms with Crippen LogP contribution in [0.5, 0.6) is 0 Å². The maximum atomic E-state index is 11.7. The van der Waals surface area contributed by atoms with Gasteiger partial charge in [0, 0.05) is 38.3 Å². The number of carbonyl (C=O) groups is 2. The molecule has 6 nitrogen and oxygen atoms in total. The lowest BCUT2D eigenvalue weighted by atomic mass is 10.3. The predicted molar refractivity (Wildman–Crippen MR) is 60.0 cm³/mol. The molecule has 2 heterocycles. The van der Waals surface area contributed by atoms with Crippen LogP contribution < -0.4 is 10.6 Å². The van der Waals surface area contributed by atoms with Gasteiger partial charge in [0.05, 0.1) is 12.5 Å². The van der Waals surface area contributed by atoms with E-state index in [-0.39, 0.29) is 0 Å². The van der Waals surface area contributed by atoms with Crippen molar-refractivity contribution in [1.29, 1.82) is 0 Å². The second-order valence-corrected chi connectivity index (χ2v) is 3.86. The predicted octanol–water partition coefficient (Wildman–Crippen LogP) is -0.672. The number of nitrogens with one attached hydrogen (secondary N) is 2. The molecule has 2 N–H and O–H groups in total. The fourth-order valence-electron chi connectivity index (χ4n) is 1.66. The molecule has 1 aromatic heterocycles. The van der Waals surface area contributed by atoms with Crippen LogP contribution in [0.2, 0.25) is 0 Å². The molecule has 2 rings (SSSR count). The molecule has 6 heteroatoms. The molecule has 1 aromatic rings. The zero-order valence-electron chi connectivity index (χ0n) is 9.44. The Labute approximate surface area is 99.0 Å². The Morgan fingerprint density at radius 1 is 1.41 bits per heavy atom. The number of nitrogens with zero attached hydrogens (tertiary/aromatic N) is 1. The minimum atomic E-state index is -0.562. The number of hydrogen-bond donors (Lipinski definition) is 2. The van der Waals surface area contributed by atoms with Crippen LogP contribution in [0, 0.1) is 0 Å². The van der Waals surface area contributed by atoms with Crippen LogP contribution in [-0.4, -0.2) is 42.9 Å². The molecule has 0 aromatic carbocycles. The van der Waals surface area contributed by atoms with Crippen molar-refractivity contribution < 1.29 is 14.0 Å². The van der Waals surface area contributed by atoms with Crippen molar-refractivity contribution in [3.8, 4) is 0 Å². The van der Waals surface area contributed by atoms with Gasteiger partial charge in [-0.1, -0.05) is 0 Å². The van der Waals surface area contributed by atoms with Crippen LogP contribution in [-0.2, 0) is 16.1 Å². The van der Waals surface area contributed by atoms with E-state index in [1.807, 2.05) is 0 Å². The van der Waals surface area contributed by atoms with Gasteiger partial charge >= 0.3 is 11.8 Å². The van der Waals surface area contributed by atoms with Crippen molar-refractivity contribution in [1.82, 2.24) is 15.5 Å². The Balaban J connectivity index is 1.80. The summed E-state index contributed by atoms with van der Waals surface area (Å²) in [4.78, 5) is 24.9. The zero-order valence-corrected chi connectivity index (χ0v) is 9.44. The van der Waals surface area contributed by atoms with Crippen molar-refractivity contribution in [2.24, 2.45) is 0 Å². The van der Waals surface area contributed by atoms with E-state index in [9.17, 15) is 9.59 Å². The Morgan fingerprint density at radius 3 is 2.82 bits per heavy atom. The summed E-state index contributed by atoms with van der Waals surface area (Å²) in [7, 11) is 0. The highest BCUT2D eigenvalue weighted by atomic mass is 16.3. The van der Waals surface area contributed by atoms with E-state index < -0.39 is 11.8 Å². The first-order valence-electron chi connectivity index (χ1n) is 5.56. The van der Waals surface area contributed by atoms with Gasteiger partial charge in [0.25, 0.3) is 0 Å². The second-order valence-electron chi connectivity index (χ2n) is 3.86. The SMILES string of the molecule is O=C(NCc1ccoc1)C(=O)N1CCNCC1. The van der Waals surface area contributed by atoms with Gasteiger partial charge in [0.2, 0.25) is 0 Å². The number of amides is 2. The first kappa shape index (κ1) is 11.7. The lowest BCUT2D eigenvalue weighted by Gasteiger charge is -2.26. The molecule has 2 amide bonds. The van der Waals surface area contributed by atoms with E-state index in [1.54, 1.807) is 11.0 Å². The smallest absolute Gasteiger partial charge is 0.311 e. The van der Waals surface area contributed by atoms with Gasteiger partial charge in [-0.05, 0) is 6.07 Å². The van der Waals surface area contributed by atoms with Crippen molar-refractivity contribution in [3.05, 3.63) is 24.2 Å². The Morgan fingerprint density at radius 2 is 2.18 bits per heavy atom. The van der Waals surface area contributed by atoms with E-state index in [2.05, 4.69) is 10.6 Å². The van der Waals surface area contributed by atoms with E-state index in [0.29, 0.717) is 19.6 Å². The zero-order chi connectivity index (χ0) is 12.1. The summed E-state index contributed by atoms with van der Waals surface area (Å²) in [6.45, 7) is 2.95. The average molecular weight is 237 g/mol. The summed E-state index contributed by atoms with van der Waals surface area (Å²) in [5.41, 5.74) is 0.839. The Kier molecular flexibility index (Phi) is 3.77.